The molecule has 0 fully saturated rings. The highest BCUT2D eigenvalue weighted by Gasteiger charge is 2.05. The minimum atomic E-state index is -0.141. The Kier molecular flexibility index (Phi) is 6.69. The highest BCUT2D eigenvalue weighted by atomic mass is 32.2. The Morgan fingerprint density at radius 2 is 1.83 bits per heavy atom. The number of phenols is 1. The van der Waals surface area contributed by atoms with Crippen LogP contribution >= 0.6 is 11.8 Å². The zero-order chi connectivity index (χ0) is 16.5. The number of aryl methyl sites for hydroxylation is 1. The van der Waals surface area contributed by atoms with Crippen molar-refractivity contribution in [2.24, 2.45) is 5.10 Å². The Morgan fingerprint density at radius 1 is 1.13 bits per heavy atom. The van der Waals surface area contributed by atoms with Gasteiger partial charge in [-0.3, -0.25) is 4.79 Å². The summed E-state index contributed by atoms with van der Waals surface area (Å²) in [5.41, 5.74) is 4.99. The molecule has 2 rings (SSSR count). The first kappa shape index (κ1) is 17.1. The number of benzene rings is 2. The highest BCUT2D eigenvalue weighted by molar-refractivity contribution is 7.99. The van der Waals surface area contributed by atoms with Crippen LogP contribution < -0.4 is 5.43 Å². The monoisotopic (exact) mass is 328 g/mol. The molecule has 2 N–H and O–H groups in total. The Labute approximate surface area is 140 Å². The number of carbonyl (C=O) groups excluding carboxylic acids is 1. The minimum Gasteiger partial charge on any atom is -0.507 e. The van der Waals surface area contributed by atoms with Gasteiger partial charge >= 0.3 is 0 Å². The summed E-state index contributed by atoms with van der Waals surface area (Å²) in [4.78, 5) is 11.8. The SMILES string of the molecule is C/C(=N/NC(=O)CSCCc1ccccc1)c1ccccc1O. The first-order chi connectivity index (χ1) is 11.2. The van der Waals surface area contributed by atoms with Crippen LogP contribution in [0.5, 0.6) is 5.75 Å². The molecule has 4 nitrogen and oxygen atoms in total. The lowest BCUT2D eigenvalue weighted by Crippen LogP contribution is -2.21. The molecule has 0 unspecified atom stereocenters. The number of para-hydroxylation sites is 1. The maximum absolute atomic E-state index is 11.8. The summed E-state index contributed by atoms with van der Waals surface area (Å²) < 4.78 is 0. The van der Waals surface area contributed by atoms with E-state index in [4.69, 9.17) is 0 Å². The second-order valence-electron chi connectivity index (χ2n) is 5.04. The third-order valence-corrected chi connectivity index (χ3v) is 4.21. The number of hydrogen-bond acceptors (Lipinski definition) is 4. The summed E-state index contributed by atoms with van der Waals surface area (Å²) in [5, 5.41) is 13.8. The van der Waals surface area contributed by atoms with Gasteiger partial charge in [0.15, 0.2) is 0 Å². The van der Waals surface area contributed by atoms with Gasteiger partial charge in [-0.25, -0.2) is 5.43 Å². The zero-order valence-corrected chi connectivity index (χ0v) is 13.8. The summed E-state index contributed by atoms with van der Waals surface area (Å²) in [6.07, 6.45) is 0.943. The van der Waals surface area contributed by atoms with Gasteiger partial charge in [0.25, 0.3) is 0 Å². The van der Waals surface area contributed by atoms with Gasteiger partial charge in [0.05, 0.1) is 11.5 Å². The quantitative estimate of drug-likeness (QED) is 0.466. The molecule has 1 amide bonds. The normalized spacial score (nSPS) is 11.3. The molecule has 0 atom stereocenters. The second-order valence-corrected chi connectivity index (χ2v) is 6.14. The van der Waals surface area contributed by atoms with Crippen molar-refractivity contribution in [2.45, 2.75) is 13.3 Å². The van der Waals surface area contributed by atoms with E-state index in [1.54, 1.807) is 36.9 Å². The molecule has 0 aliphatic heterocycles. The number of aromatic hydroxyl groups is 1. The molecule has 0 bridgehead atoms. The minimum absolute atomic E-state index is 0.141. The predicted molar refractivity (Wildman–Crippen MR) is 95.9 cm³/mol. The summed E-state index contributed by atoms with van der Waals surface area (Å²) in [5.74, 6) is 1.27. The van der Waals surface area contributed by atoms with Gasteiger partial charge in [0, 0.05) is 5.56 Å². The van der Waals surface area contributed by atoms with Crippen molar-refractivity contribution in [2.75, 3.05) is 11.5 Å². The van der Waals surface area contributed by atoms with Crippen LogP contribution in [0.25, 0.3) is 0 Å². The van der Waals surface area contributed by atoms with E-state index < -0.39 is 0 Å². The van der Waals surface area contributed by atoms with E-state index in [0.717, 1.165) is 12.2 Å². The number of nitrogens with zero attached hydrogens (tertiary/aromatic N) is 1. The zero-order valence-electron chi connectivity index (χ0n) is 13.0. The average molecular weight is 328 g/mol. The maximum Gasteiger partial charge on any atom is 0.250 e. The average Bonchev–Trinajstić information content (AvgIpc) is 2.58. The van der Waals surface area contributed by atoms with E-state index in [1.165, 1.54) is 5.56 Å². The molecule has 2 aromatic carbocycles. The molecule has 120 valence electrons. The Morgan fingerprint density at radius 3 is 2.57 bits per heavy atom. The predicted octanol–water partition coefficient (Wildman–Crippen LogP) is 3.21. The van der Waals surface area contributed by atoms with Crippen LogP contribution in [0.2, 0.25) is 0 Å². The molecule has 0 radical (unpaired) electrons. The summed E-state index contributed by atoms with van der Waals surface area (Å²) in [6.45, 7) is 1.75. The van der Waals surface area contributed by atoms with E-state index >= 15 is 0 Å². The van der Waals surface area contributed by atoms with Crippen molar-refractivity contribution >= 4 is 23.4 Å². The first-order valence-corrected chi connectivity index (χ1v) is 8.55. The van der Waals surface area contributed by atoms with E-state index in [0.29, 0.717) is 17.0 Å². The fourth-order valence-corrected chi connectivity index (χ4v) is 2.79. The lowest BCUT2D eigenvalue weighted by molar-refractivity contribution is -0.118. The van der Waals surface area contributed by atoms with Crippen molar-refractivity contribution in [3.8, 4) is 5.75 Å². The Balaban J connectivity index is 1.72. The third kappa shape index (κ3) is 5.79. The first-order valence-electron chi connectivity index (χ1n) is 7.40. The van der Waals surface area contributed by atoms with Crippen LogP contribution in [0.15, 0.2) is 59.7 Å². The van der Waals surface area contributed by atoms with Gasteiger partial charge in [0.1, 0.15) is 5.75 Å². The molecular weight excluding hydrogens is 308 g/mol. The van der Waals surface area contributed by atoms with Gasteiger partial charge in [-0.05, 0) is 36.8 Å². The smallest absolute Gasteiger partial charge is 0.250 e. The van der Waals surface area contributed by atoms with Crippen molar-refractivity contribution in [1.29, 1.82) is 0 Å². The molecule has 5 heteroatoms. The number of nitrogens with one attached hydrogen (secondary N) is 1. The molecule has 0 saturated heterocycles. The second kappa shape index (κ2) is 9.00. The maximum atomic E-state index is 11.8. The standard InChI is InChI=1S/C18H20N2O2S/c1-14(16-9-5-6-10-17(16)21)19-20-18(22)13-23-12-11-15-7-3-2-4-8-15/h2-10,21H,11-13H2,1H3,(H,20,22)/b19-14-. The summed E-state index contributed by atoms with van der Waals surface area (Å²) in [6, 6.07) is 17.1. The molecule has 0 saturated carbocycles. The van der Waals surface area contributed by atoms with E-state index in [1.807, 2.05) is 24.3 Å². The molecule has 23 heavy (non-hydrogen) atoms. The molecule has 2 aromatic rings. The fourth-order valence-electron chi connectivity index (χ4n) is 2.02. The molecule has 0 heterocycles. The van der Waals surface area contributed by atoms with Crippen LogP contribution in [0, 0.1) is 0 Å². The topological polar surface area (TPSA) is 61.7 Å². The van der Waals surface area contributed by atoms with Crippen molar-refractivity contribution in [1.82, 2.24) is 5.43 Å². The van der Waals surface area contributed by atoms with Gasteiger partial charge in [-0.15, -0.1) is 0 Å². The Bertz CT molecular complexity index is 672. The van der Waals surface area contributed by atoms with Crippen LogP contribution in [-0.4, -0.2) is 28.2 Å². The van der Waals surface area contributed by atoms with Crippen molar-refractivity contribution in [3.05, 3.63) is 65.7 Å². The van der Waals surface area contributed by atoms with Crippen LogP contribution in [0.4, 0.5) is 0 Å². The van der Waals surface area contributed by atoms with Crippen molar-refractivity contribution in [3.63, 3.8) is 0 Å². The Hall–Kier alpha value is -2.27. The van der Waals surface area contributed by atoms with E-state index in [2.05, 4.69) is 22.7 Å². The van der Waals surface area contributed by atoms with Gasteiger partial charge in [-0.1, -0.05) is 42.5 Å². The number of amides is 1. The van der Waals surface area contributed by atoms with E-state index in [9.17, 15) is 9.90 Å². The van der Waals surface area contributed by atoms with Gasteiger partial charge in [0.2, 0.25) is 5.91 Å². The molecule has 0 aliphatic carbocycles. The van der Waals surface area contributed by atoms with Crippen LogP contribution in [-0.2, 0) is 11.2 Å². The molecular formula is C18H20N2O2S. The lowest BCUT2D eigenvalue weighted by atomic mass is 10.1. The van der Waals surface area contributed by atoms with E-state index in [-0.39, 0.29) is 11.7 Å². The number of phenolic OH excluding ortho intramolecular Hbond substituents is 1. The third-order valence-electron chi connectivity index (χ3n) is 3.25. The van der Waals surface area contributed by atoms with Crippen LogP contribution in [0.1, 0.15) is 18.1 Å². The van der Waals surface area contributed by atoms with Gasteiger partial charge in [-0.2, -0.15) is 16.9 Å². The fraction of sp³-hybridized carbons (Fsp3) is 0.222. The summed E-state index contributed by atoms with van der Waals surface area (Å²) in [7, 11) is 0. The molecule has 0 aliphatic rings. The highest BCUT2D eigenvalue weighted by Crippen LogP contribution is 2.16. The number of hydrogen-bond donors (Lipinski definition) is 2. The number of thioether (sulfide) groups is 1. The van der Waals surface area contributed by atoms with Crippen LogP contribution in [0.3, 0.4) is 0 Å². The largest absolute Gasteiger partial charge is 0.507 e. The van der Waals surface area contributed by atoms with Gasteiger partial charge < -0.3 is 5.11 Å². The lowest BCUT2D eigenvalue weighted by Gasteiger charge is -2.05. The number of hydrazone groups is 1. The molecule has 0 spiro atoms. The number of rotatable bonds is 7. The summed E-state index contributed by atoms with van der Waals surface area (Å²) >= 11 is 1.58. The number of carbonyl (C=O) groups is 1. The molecule has 0 aromatic heterocycles. The van der Waals surface area contributed by atoms with Crippen molar-refractivity contribution < 1.29 is 9.90 Å².